The molecule has 0 fully saturated rings. The van der Waals surface area contributed by atoms with Gasteiger partial charge in [-0.25, -0.2) is 0 Å². The van der Waals surface area contributed by atoms with Crippen molar-refractivity contribution < 1.29 is 9.84 Å². The molecule has 1 N–H and O–H groups in total. The lowest BCUT2D eigenvalue weighted by atomic mass is 9.72. The molecule has 1 aromatic carbocycles. The normalized spacial score (nSPS) is 28.7. The van der Waals surface area contributed by atoms with Gasteiger partial charge >= 0.3 is 0 Å². The molecule has 2 aliphatic rings. The Morgan fingerprint density at radius 2 is 2.00 bits per heavy atom. The molecule has 0 bridgehead atoms. The van der Waals surface area contributed by atoms with E-state index in [0.29, 0.717) is 17.6 Å². The number of hydrogen-bond donors (Lipinski definition) is 1. The number of rotatable bonds is 0. The van der Waals surface area contributed by atoms with Gasteiger partial charge in [0.05, 0.1) is 0 Å². The predicted molar refractivity (Wildman–Crippen MR) is 67.9 cm³/mol. The molecule has 2 atom stereocenters. The molecule has 1 aliphatic heterocycles. The first-order valence-electron chi connectivity index (χ1n) is 6.47. The highest BCUT2D eigenvalue weighted by Crippen LogP contribution is 2.57. The fraction of sp³-hybridized carbons (Fsp3) is 0.600. The van der Waals surface area contributed by atoms with Crippen LogP contribution in [0.2, 0.25) is 0 Å². The number of benzene rings is 1. The average molecular weight is 232 g/mol. The summed E-state index contributed by atoms with van der Waals surface area (Å²) < 4.78 is 6.14. The average Bonchev–Trinajstić information content (AvgIpc) is 2.49. The van der Waals surface area contributed by atoms with Crippen LogP contribution in [0.1, 0.15) is 62.1 Å². The smallest absolute Gasteiger partial charge is 0.127 e. The molecule has 92 valence electrons. The van der Waals surface area contributed by atoms with Crippen LogP contribution in [0.3, 0.4) is 0 Å². The Kier molecular flexibility index (Phi) is 2.05. The molecule has 1 heterocycles. The Morgan fingerprint density at radius 3 is 2.71 bits per heavy atom. The van der Waals surface area contributed by atoms with E-state index in [4.69, 9.17) is 4.74 Å². The summed E-state index contributed by atoms with van der Waals surface area (Å²) in [5.74, 6) is 2.37. The Hall–Kier alpha value is -1.18. The van der Waals surface area contributed by atoms with Crippen LogP contribution in [0.4, 0.5) is 0 Å². The fourth-order valence-corrected chi connectivity index (χ4v) is 3.56. The standard InChI is InChI=1S/C15H20O2/c1-8-5-6-10-13-12(8)11(16)7-9(2)14(13)17-15(10,3)4/h7-8,10,16H,5-6H2,1-4H3/t8-,10+/m1/s1. The van der Waals surface area contributed by atoms with E-state index in [1.165, 1.54) is 5.56 Å². The number of aryl methyl sites for hydroxylation is 1. The third kappa shape index (κ3) is 1.33. The van der Waals surface area contributed by atoms with Crippen LogP contribution >= 0.6 is 0 Å². The number of ether oxygens (including phenoxy) is 1. The summed E-state index contributed by atoms with van der Waals surface area (Å²) in [4.78, 5) is 0. The largest absolute Gasteiger partial charge is 0.508 e. The van der Waals surface area contributed by atoms with Crippen LogP contribution in [0.15, 0.2) is 6.07 Å². The summed E-state index contributed by atoms with van der Waals surface area (Å²) >= 11 is 0. The van der Waals surface area contributed by atoms with Gasteiger partial charge in [-0.1, -0.05) is 6.92 Å². The molecule has 2 nitrogen and oxygen atoms in total. The molecule has 0 unspecified atom stereocenters. The predicted octanol–water partition coefficient (Wildman–Crippen LogP) is 3.85. The second-order valence-electron chi connectivity index (χ2n) is 6.11. The van der Waals surface area contributed by atoms with Crippen molar-refractivity contribution in [3.05, 3.63) is 22.8 Å². The van der Waals surface area contributed by atoms with Crippen molar-refractivity contribution in [1.82, 2.24) is 0 Å². The van der Waals surface area contributed by atoms with Crippen molar-refractivity contribution in [1.29, 1.82) is 0 Å². The van der Waals surface area contributed by atoms with Crippen LogP contribution in [0.5, 0.6) is 11.5 Å². The van der Waals surface area contributed by atoms with E-state index in [1.807, 2.05) is 13.0 Å². The molecule has 1 aliphatic carbocycles. The zero-order valence-corrected chi connectivity index (χ0v) is 11.0. The summed E-state index contributed by atoms with van der Waals surface area (Å²) in [5, 5.41) is 10.2. The van der Waals surface area contributed by atoms with E-state index in [2.05, 4.69) is 20.8 Å². The third-order valence-electron chi connectivity index (χ3n) is 4.46. The summed E-state index contributed by atoms with van der Waals surface area (Å²) in [6.07, 6.45) is 2.30. The molecule has 0 saturated carbocycles. The third-order valence-corrected chi connectivity index (χ3v) is 4.46. The zero-order valence-electron chi connectivity index (χ0n) is 11.0. The van der Waals surface area contributed by atoms with Gasteiger partial charge in [0.1, 0.15) is 17.1 Å². The number of phenols is 1. The molecule has 3 rings (SSSR count). The van der Waals surface area contributed by atoms with Gasteiger partial charge in [-0.05, 0) is 51.2 Å². The maximum atomic E-state index is 10.2. The van der Waals surface area contributed by atoms with Crippen molar-refractivity contribution in [3.63, 3.8) is 0 Å². The minimum absolute atomic E-state index is 0.129. The maximum Gasteiger partial charge on any atom is 0.127 e. The molecule has 1 aromatic rings. The second kappa shape index (κ2) is 3.18. The Morgan fingerprint density at radius 1 is 1.29 bits per heavy atom. The Labute approximate surface area is 103 Å². The first-order chi connectivity index (χ1) is 7.92. The maximum absolute atomic E-state index is 10.2. The molecule has 0 saturated heterocycles. The van der Waals surface area contributed by atoms with Gasteiger partial charge in [0.2, 0.25) is 0 Å². The summed E-state index contributed by atoms with van der Waals surface area (Å²) in [6.45, 7) is 8.54. The number of hydrogen-bond acceptors (Lipinski definition) is 2. The van der Waals surface area contributed by atoms with Crippen molar-refractivity contribution in [2.24, 2.45) is 0 Å². The lowest BCUT2D eigenvalue weighted by Gasteiger charge is -2.32. The minimum Gasteiger partial charge on any atom is -0.508 e. The van der Waals surface area contributed by atoms with E-state index >= 15 is 0 Å². The Balaban J connectivity index is 2.31. The first kappa shape index (κ1) is 10.9. The topological polar surface area (TPSA) is 29.5 Å². The van der Waals surface area contributed by atoms with Gasteiger partial charge in [0.25, 0.3) is 0 Å². The van der Waals surface area contributed by atoms with Crippen LogP contribution < -0.4 is 4.74 Å². The molecule has 0 aromatic heterocycles. The van der Waals surface area contributed by atoms with Crippen molar-refractivity contribution >= 4 is 0 Å². The van der Waals surface area contributed by atoms with Crippen molar-refractivity contribution in [2.45, 2.75) is 58.0 Å². The monoisotopic (exact) mass is 232 g/mol. The van der Waals surface area contributed by atoms with Crippen LogP contribution in [-0.2, 0) is 0 Å². The van der Waals surface area contributed by atoms with Crippen LogP contribution in [-0.4, -0.2) is 10.7 Å². The van der Waals surface area contributed by atoms with Crippen molar-refractivity contribution in [3.8, 4) is 11.5 Å². The van der Waals surface area contributed by atoms with Crippen LogP contribution in [0.25, 0.3) is 0 Å². The molecule has 0 amide bonds. The molecule has 17 heavy (non-hydrogen) atoms. The second-order valence-corrected chi connectivity index (χ2v) is 6.11. The van der Waals surface area contributed by atoms with Crippen molar-refractivity contribution in [2.75, 3.05) is 0 Å². The quantitative estimate of drug-likeness (QED) is 0.736. The van der Waals surface area contributed by atoms with Gasteiger partial charge in [0.15, 0.2) is 0 Å². The lowest BCUT2D eigenvalue weighted by molar-refractivity contribution is 0.103. The highest BCUT2D eigenvalue weighted by Gasteiger charge is 2.46. The van der Waals surface area contributed by atoms with Gasteiger partial charge in [-0.3, -0.25) is 0 Å². The van der Waals surface area contributed by atoms with Gasteiger partial charge < -0.3 is 9.84 Å². The minimum atomic E-state index is -0.129. The van der Waals surface area contributed by atoms with Gasteiger partial charge in [0, 0.05) is 17.0 Å². The van der Waals surface area contributed by atoms with Gasteiger partial charge in [-0.15, -0.1) is 0 Å². The Bertz CT molecular complexity index is 488. The molecule has 0 spiro atoms. The summed E-state index contributed by atoms with van der Waals surface area (Å²) in [6, 6.07) is 1.86. The van der Waals surface area contributed by atoms with E-state index in [1.54, 1.807) is 0 Å². The highest BCUT2D eigenvalue weighted by molar-refractivity contribution is 5.59. The summed E-state index contributed by atoms with van der Waals surface area (Å²) in [5.41, 5.74) is 3.35. The molecular formula is C15H20O2. The van der Waals surface area contributed by atoms with E-state index in [0.717, 1.165) is 29.7 Å². The van der Waals surface area contributed by atoms with E-state index < -0.39 is 0 Å². The van der Waals surface area contributed by atoms with E-state index in [9.17, 15) is 5.11 Å². The number of phenolic OH excluding ortho intramolecular Hbond substituents is 1. The first-order valence-corrected chi connectivity index (χ1v) is 6.47. The molecular weight excluding hydrogens is 212 g/mol. The molecule has 2 heteroatoms. The van der Waals surface area contributed by atoms with Gasteiger partial charge in [-0.2, -0.15) is 0 Å². The zero-order chi connectivity index (χ0) is 12.4. The number of aromatic hydroxyl groups is 1. The lowest BCUT2D eigenvalue weighted by Crippen LogP contribution is -2.31. The molecule has 0 radical (unpaired) electrons. The SMILES string of the molecule is Cc1cc(O)c2c3c1OC(C)(C)[C@H]3CC[C@H]2C. The summed E-state index contributed by atoms with van der Waals surface area (Å²) in [7, 11) is 0. The highest BCUT2D eigenvalue weighted by atomic mass is 16.5. The van der Waals surface area contributed by atoms with Crippen LogP contribution in [0, 0.1) is 6.92 Å². The fourth-order valence-electron chi connectivity index (χ4n) is 3.56. The van der Waals surface area contributed by atoms with E-state index in [-0.39, 0.29) is 5.60 Å².